The van der Waals surface area contributed by atoms with Gasteiger partial charge in [0.05, 0.1) is 9.82 Å². The third-order valence-corrected chi connectivity index (χ3v) is 4.41. The smallest absolute Gasteiger partial charge is 0.322 e. The number of nitro benzene ring substituents is 1. The van der Waals surface area contributed by atoms with E-state index in [0.29, 0.717) is 0 Å². The number of rotatable bonds is 5. The molecule has 2 aromatic carbocycles. The Balaban J connectivity index is 2.14. The number of nitrogens with one attached hydrogen (secondary N) is 1. The predicted molar refractivity (Wildman–Crippen MR) is 80.7 cm³/mol. The number of halogens is 2. The Bertz CT molecular complexity index is 865. The van der Waals surface area contributed by atoms with Gasteiger partial charge in [-0.3, -0.25) is 14.9 Å². The first-order valence-corrected chi connectivity index (χ1v) is 7.94. The first-order chi connectivity index (χ1) is 11.2. The molecule has 0 bridgehead atoms. The molecule has 24 heavy (non-hydrogen) atoms. The summed E-state index contributed by atoms with van der Waals surface area (Å²) in [5.41, 5.74) is 0.186. The van der Waals surface area contributed by atoms with Crippen LogP contribution in [0.1, 0.15) is 10.4 Å². The van der Waals surface area contributed by atoms with Crippen molar-refractivity contribution in [3.8, 4) is 0 Å². The molecule has 10 heteroatoms. The zero-order chi connectivity index (χ0) is 17.9. The molecular formula is C14H10F2N2O5S. The molecule has 0 aromatic heterocycles. The van der Waals surface area contributed by atoms with Crippen LogP contribution in [0.3, 0.4) is 0 Å². The zero-order valence-electron chi connectivity index (χ0n) is 11.8. The fourth-order valence-electron chi connectivity index (χ4n) is 1.77. The van der Waals surface area contributed by atoms with Crippen molar-refractivity contribution in [1.82, 2.24) is 0 Å². The van der Waals surface area contributed by atoms with E-state index in [1.54, 1.807) is 0 Å². The van der Waals surface area contributed by atoms with Gasteiger partial charge in [-0.15, -0.1) is 0 Å². The first kappa shape index (κ1) is 17.5. The lowest BCUT2D eigenvalue weighted by atomic mass is 10.2. The Kier molecular flexibility index (Phi) is 4.88. The van der Waals surface area contributed by atoms with Crippen LogP contribution in [0.2, 0.25) is 0 Å². The second-order valence-corrected chi connectivity index (χ2v) is 6.51. The minimum atomic E-state index is -4.72. The second kappa shape index (κ2) is 6.71. The van der Waals surface area contributed by atoms with Crippen molar-refractivity contribution in [2.24, 2.45) is 0 Å². The van der Waals surface area contributed by atoms with Crippen LogP contribution >= 0.6 is 0 Å². The molecule has 1 amide bonds. The van der Waals surface area contributed by atoms with E-state index in [9.17, 15) is 32.1 Å². The minimum absolute atomic E-state index is 0.0431. The minimum Gasteiger partial charge on any atom is -0.322 e. The largest absolute Gasteiger partial charge is 0.341 e. The summed E-state index contributed by atoms with van der Waals surface area (Å²) in [6.45, 7) is 0. The molecule has 0 fully saturated rings. The highest BCUT2D eigenvalue weighted by atomic mass is 32.2. The highest BCUT2D eigenvalue weighted by molar-refractivity contribution is 7.91. The monoisotopic (exact) mass is 356 g/mol. The van der Waals surface area contributed by atoms with E-state index in [1.807, 2.05) is 0 Å². The maximum absolute atomic E-state index is 12.4. The summed E-state index contributed by atoms with van der Waals surface area (Å²) in [5.74, 6) is -4.16. The Morgan fingerprint density at radius 3 is 2.04 bits per heavy atom. The molecule has 0 aliphatic heterocycles. The highest BCUT2D eigenvalue weighted by Crippen LogP contribution is 2.20. The van der Waals surface area contributed by atoms with Gasteiger partial charge in [-0.25, -0.2) is 8.42 Å². The quantitative estimate of drug-likeness (QED) is 0.655. The molecular weight excluding hydrogens is 346 g/mol. The second-order valence-electron chi connectivity index (χ2n) is 4.59. The number of carbonyl (C=O) groups excluding carboxylic acids is 1. The molecule has 126 valence electrons. The van der Waals surface area contributed by atoms with Crippen LogP contribution in [0, 0.1) is 10.1 Å². The predicted octanol–water partition coefficient (Wildman–Crippen LogP) is 2.84. The van der Waals surface area contributed by atoms with E-state index in [2.05, 4.69) is 5.32 Å². The van der Waals surface area contributed by atoms with Crippen molar-refractivity contribution in [2.75, 3.05) is 5.32 Å². The first-order valence-electron chi connectivity index (χ1n) is 6.40. The van der Waals surface area contributed by atoms with Gasteiger partial charge in [0.1, 0.15) is 0 Å². The number of benzene rings is 2. The molecule has 7 nitrogen and oxygen atoms in total. The number of amides is 1. The number of anilines is 1. The Labute approximate surface area is 135 Å². The van der Waals surface area contributed by atoms with Gasteiger partial charge in [-0.1, -0.05) is 0 Å². The number of sulfone groups is 1. The molecule has 0 unspecified atom stereocenters. The molecule has 0 spiro atoms. The summed E-state index contributed by atoms with van der Waals surface area (Å²) in [5, 5.41) is 13.0. The summed E-state index contributed by atoms with van der Waals surface area (Å²) in [6.07, 6.45) is 0. The lowest BCUT2D eigenvalue weighted by Crippen LogP contribution is -2.14. The molecule has 0 aliphatic carbocycles. The fourth-order valence-corrected chi connectivity index (χ4v) is 2.49. The summed E-state index contributed by atoms with van der Waals surface area (Å²) < 4.78 is 47.4. The van der Waals surface area contributed by atoms with Crippen LogP contribution in [-0.4, -0.2) is 25.0 Å². The van der Waals surface area contributed by atoms with Crippen molar-refractivity contribution in [2.45, 2.75) is 10.7 Å². The molecule has 0 radical (unpaired) electrons. The number of carbonyl (C=O) groups is 1. The Hall–Kier alpha value is -2.88. The van der Waals surface area contributed by atoms with E-state index in [-0.39, 0.29) is 16.9 Å². The lowest BCUT2D eigenvalue weighted by molar-refractivity contribution is -0.384. The van der Waals surface area contributed by atoms with Gasteiger partial charge in [0, 0.05) is 23.4 Å². The Morgan fingerprint density at radius 1 is 1.04 bits per heavy atom. The molecule has 0 atom stereocenters. The average Bonchev–Trinajstić information content (AvgIpc) is 2.55. The number of alkyl halides is 2. The number of nitrogens with zero attached hydrogens (tertiary/aromatic N) is 1. The van der Waals surface area contributed by atoms with Gasteiger partial charge in [0.15, 0.2) is 0 Å². The number of non-ortho nitro benzene ring substituents is 1. The van der Waals surface area contributed by atoms with Crippen LogP contribution in [-0.2, 0) is 9.84 Å². The third kappa shape index (κ3) is 3.71. The van der Waals surface area contributed by atoms with Gasteiger partial charge in [-0.2, -0.15) is 8.78 Å². The van der Waals surface area contributed by atoms with Crippen LogP contribution in [0.15, 0.2) is 53.4 Å². The van der Waals surface area contributed by atoms with E-state index >= 15 is 0 Å². The normalized spacial score (nSPS) is 11.3. The number of hydrogen-bond donors (Lipinski definition) is 1. The van der Waals surface area contributed by atoms with Crippen LogP contribution in [0.4, 0.5) is 20.2 Å². The van der Waals surface area contributed by atoms with Crippen molar-refractivity contribution in [3.05, 3.63) is 64.2 Å². The molecule has 0 saturated carbocycles. The maximum atomic E-state index is 12.4. The zero-order valence-corrected chi connectivity index (χ0v) is 12.7. The fraction of sp³-hybridized carbons (Fsp3) is 0.0714. The third-order valence-electron chi connectivity index (χ3n) is 3.02. The van der Waals surface area contributed by atoms with Gasteiger partial charge < -0.3 is 5.32 Å². The molecule has 2 aromatic rings. The van der Waals surface area contributed by atoms with Gasteiger partial charge in [0.2, 0.25) is 9.84 Å². The van der Waals surface area contributed by atoms with Crippen molar-refractivity contribution >= 4 is 27.1 Å². The Morgan fingerprint density at radius 2 is 1.58 bits per heavy atom. The average molecular weight is 356 g/mol. The highest BCUT2D eigenvalue weighted by Gasteiger charge is 2.26. The standard InChI is InChI=1S/C14H10F2N2O5S/c15-14(16)24(22,23)12-7-1-9(2-8-12)13(19)17-10-3-5-11(6-4-10)18(20)21/h1-8,14H,(H,17,19). The van der Waals surface area contributed by atoms with Crippen molar-refractivity contribution in [3.63, 3.8) is 0 Å². The molecule has 0 saturated heterocycles. The van der Waals surface area contributed by atoms with Crippen LogP contribution in [0.5, 0.6) is 0 Å². The van der Waals surface area contributed by atoms with E-state index < -0.39 is 31.3 Å². The van der Waals surface area contributed by atoms with E-state index in [4.69, 9.17) is 0 Å². The summed E-state index contributed by atoms with van der Waals surface area (Å²) in [4.78, 5) is 21.3. The van der Waals surface area contributed by atoms with Gasteiger partial charge in [0.25, 0.3) is 11.6 Å². The number of nitro groups is 1. The molecule has 2 rings (SSSR count). The summed E-state index contributed by atoms with van der Waals surface area (Å²) in [7, 11) is -4.72. The summed E-state index contributed by atoms with van der Waals surface area (Å²) >= 11 is 0. The van der Waals surface area contributed by atoms with Gasteiger partial charge >= 0.3 is 5.76 Å². The SMILES string of the molecule is O=C(Nc1ccc([N+](=O)[O-])cc1)c1ccc(S(=O)(=O)C(F)F)cc1. The van der Waals surface area contributed by atoms with Crippen molar-refractivity contribution < 1.29 is 26.9 Å². The van der Waals surface area contributed by atoms with Crippen molar-refractivity contribution in [1.29, 1.82) is 0 Å². The van der Waals surface area contributed by atoms with Gasteiger partial charge in [-0.05, 0) is 36.4 Å². The molecule has 1 N–H and O–H groups in total. The maximum Gasteiger partial charge on any atom is 0.341 e. The molecule has 0 heterocycles. The van der Waals surface area contributed by atoms with Crippen LogP contribution < -0.4 is 5.32 Å². The lowest BCUT2D eigenvalue weighted by Gasteiger charge is -2.07. The van der Waals surface area contributed by atoms with E-state index in [1.165, 1.54) is 24.3 Å². The topological polar surface area (TPSA) is 106 Å². The summed E-state index contributed by atoms with van der Waals surface area (Å²) in [6, 6.07) is 9.06. The van der Waals surface area contributed by atoms with E-state index in [0.717, 1.165) is 24.3 Å². The number of hydrogen-bond acceptors (Lipinski definition) is 5. The molecule has 0 aliphatic rings. The van der Waals surface area contributed by atoms with Crippen LogP contribution in [0.25, 0.3) is 0 Å².